The second kappa shape index (κ2) is 6.37. The van der Waals surface area contributed by atoms with Crippen molar-refractivity contribution in [2.24, 2.45) is 0 Å². The molecule has 0 saturated heterocycles. The van der Waals surface area contributed by atoms with E-state index in [1.54, 1.807) is 16.4 Å². The number of rotatable bonds is 6. The largest absolute Gasteiger partial charge is 0.243 e. The van der Waals surface area contributed by atoms with E-state index in [2.05, 4.69) is 6.92 Å². The Morgan fingerprint density at radius 3 is 2.35 bits per heavy atom. The molecule has 0 aliphatic carbocycles. The van der Waals surface area contributed by atoms with Gasteiger partial charge in [0.05, 0.1) is 4.90 Å². The van der Waals surface area contributed by atoms with Crippen LogP contribution in [0.3, 0.4) is 0 Å². The van der Waals surface area contributed by atoms with Crippen molar-refractivity contribution in [3.05, 3.63) is 42.5 Å². The lowest BCUT2D eigenvalue weighted by Crippen LogP contribution is -2.31. The number of nitrogens with zero attached hydrogens (tertiary/aromatic N) is 1. The molecule has 0 atom stereocenters. The number of benzene rings is 2. The monoisotopic (exact) mass is 291 g/mol. The first-order valence-corrected chi connectivity index (χ1v) is 8.52. The highest BCUT2D eigenvalue weighted by atomic mass is 32.2. The van der Waals surface area contributed by atoms with Crippen molar-refractivity contribution in [3.63, 3.8) is 0 Å². The average Bonchev–Trinajstić information content (AvgIpc) is 2.47. The molecule has 0 spiro atoms. The van der Waals surface area contributed by atoms with Crippen LogP contribution in [0.5, 0.6) is 0 Å². The van der Waals surface area contributed by atoms with Gasteiger partial charge < -0.3 is 0 Å². The average molecular weight is 291 g/mol. The summed E-state index contributed by atoms with van der Waals surface area (Å²) in [6, 6.07) is 13.1. The first-order chi connectivity index (χ1) is 9.59. The number of hydrogen-bond donors (Lipinski definition) is 0. The summed E-state index contributed by atoms with van der Waals surface area (Å²) in [5, 5.41) is 2.02. The lowest BCUT2D eigenvalue weighted by atomic mass is 10.1. The van der Waals surface area contributed by atoms with Gasteiger partial charge in [-0.05, 0) is 29.3 Å². The van der Waals surface area contributed by atoms with Crippen molar-refractivity contribution in [3.8, 4) is 0 Å². The Morgan fingerprint density at radius 1 is 1.00 bits per heavy atom. The molecule has 4 heteroatoms. The van der Waals surface area contributed by atoms with Crippen molar-refractivity contribution in [1.29, 1.82) is 0 Å². The van der Waals surface area contributed by atoms with Crippen LogP contribution in [0.15, 0.2) is 47.4 Å². The van der Waals surface area contributed by atoms with Gasteiger partial charge in [-0.3, -0.25) is 0 Å². The van der Waals surface area contributed by atoms with Gasteiger partial charge in [-0.1, -0.05) is 50.6 Å². The van der Waals surface area contributed by atoms with Gasteiger partial charge in [0.15, 0.2) is 0 Å². The zero-order valence-electron chi connectivity index (χ0n) is 12.0. The van der Waals surface area contributed by atoms with Gasteiger partial charge in [-0.15, -0.1) is 0 Å². The first-order valence-electron chi connectivity index (χ1n) is 7.08. The third-order valence-corrected chi connectivity index (χ3v) is 5.44. The summed E-state index contributed by atoms with van der Waals surface area (Å²) in [4.78, 5) is 0.383. The zero-order valence-corrected chi connectivity index (χ0v) is 12.9. The van der Waals surface area contributed by atoms with Crippen molar-refractivity contribution in [2.45, 2.75) is 31.6 Å². The van der Waals surface area contributed by atoms with Gasteiger partial charge in [0.25, 0.3) is 0 Å². The molecule has 0 N–H and O–H groups in total. The third kappa shape index (κ3) is 3.02. The predicted molar refractivity (Wildman–Crippen MR) is 83.3 cm³/mol. The zero-order chi connectivity index (χ0) is 14.6. The fourth-order valence-electron chi connectivity index (χ4n) is 2.26. The fraction of sp³-hybridized carbons (Fsp3) is 0.375. The highest BCUT2D eigenvalue weighted by Gasteiger charge is 2.22. The normalized spacial score (nSPS) is 12.2. The SMILES string of the molecule is CCCCN(CC)S(=O)(=O)c1ccc2ccccc2c1. The molecular formula is C16H21NO2S. The quantitative estimate of drug-likeness (QED) is 0.814. The van der Waals surface area contributed by atoms with E-state index >= 15 is 0 Å². The number of sulfonamides is 1. The Labute approximate surface area is 121 Å². The predicted octanol–water partition coefficient (Wildman–Crippen LogP) is 3.65. The van der Waals surface area contributed by atoms with Gasteiger partial charge in [0.1, 0.15) is 0 Å². The summed E-state index contributed by atoms with van der Waals surface area (Å²) < 4.78 is 26.8. The molecule has 0 bridgehead atoms. The molecule has 0 unspecified atom stereocenters. The molecule has 108 valence electrons. The van der Waals surface area contributed by atoms with Gasteiger partial charge in [-0.25, -0.2) is 8.42 Å². The third-order valence-electron chi connectivity index (χ3n) is 3.47. The Morgan fingerprint density at radius 2 is 1.70 bits per heavy atom. The van der Waals surface area contributed by atoms with Crippen LogP contribution < -0.4 is 0 Å². The molecule has 2 rings (SSSR count). The van der Waals surface area contributed by atoms with Gasteiger partial charge >= 0.3 is 0 Å². The smallest absolute Gasteiger partial charge is 0.207 e. The highest BCUT2D eigenvalue weighted by Crippen LogP contribution is 2.22. The maximum Gasteiger partial charge on any atom is 0.243 e. The van der Waals surface area contributed by atoms with E-state index in [0.29, 0.717) is 18.0 Å². The van der Waals surface area contributed by atoms with Crippen LogP contribution >= 0.6 is 0 Å². The molecule has 0 heterocycles. The van der Waals surface area contributed by atoms with E-state index < -0.39 is 10.0 Å². The van der Waals surface area contributed by atoms with Crippen molar-refractivity contribution < 1.29 is 8.42 Å². The molecule has 0 fully saturated rings. The van der Waals surface area contributed by atoms with Crippen LogP contribution in [-0.4, -0.2) is 25.8 Å². The molecule has 2 aromatic carbocycles. The first kappa shape index (κ1) is 15.0. The topological polar surface area (TPSA) is 37.4 Å². The maximum absolute atomic E-state index is 12.6. The fourth-order valence-corrected chi connectivity index (χ4v) is 3.78. The van der Waals surface area contributed by atoms with E-state index in [4.69, 9.17) is 0 Å². The van der Waals surface area contributed by atoms with Crippen LogP contribution in [-0.2, 0) is 10.0 Å². The minimum absolute atomic E-state index is 0.383. The van der Waals surface area contributed by atoms with Crippen LogP contribution in [0.25, 0.3) is 10.8 Å². The van der Waals surface area contributed by atoms with Crippen LogP contribution in [0.2, 0.25) is 0 Å². The van der Waals surface area contributed by atoms with E-state index in [0.717, 1.165) is 23.6 Å². The number of unbranched alkanes of at least 4 members (excludes halogenated alkanes) is 1. The standard InChI is InChI=1S/C16H21NO2S/c1-3-5-12-17(4-2)20(18,19)16-11-10-14-8-6-7-9-15(14)13-16/h6-11,13H,3-5,12H2,1-2H3. The van der Waals surface area contributed by atoms with E-state index in [1.165, 1.54) is 0 Å². The molecule has 0 amide bonds. The minimum atomic E-state index is -3.38. The molecule has 20 heavy (non-hydrogen) atoms. The summed E-state index contributed by atoms with van der Waals surface area (Å²) in [7, 11) is -3.38. The van der Waals surface area contributed by atoms with E-state index in [-0.39, 0.29) is 0 Å². The van der Waals surface area contributed by atoms with Gasteiger partial charge in [-0.2, -0.15) is 4.31 Å². The van der Waals surface area contributed by atoms with Crippen molar-refractivity contribution in [2.75, 3.05) is 13.1 Å². The molecule has 0 aliphatic heterocycles. The highest BCUT2D eigenvalue weighted by molar-refractivity contribution is 7.89. The second-order valence-electron chi connectivity index (χ2n) is 4.86. The minimum Gasteiger partial charge on any atom is -0.207 e. The summed E-state index contributed by atoms with van der Waals surface area (Å²) in [5.74, 6) is 0. The van der Waals surface area contributed by atoms with E-state index in [9.17, 15) is 8.42 Å². The van der Waals surface area contributed by atoms with Crippen LogP contribution in [0.1, 0.15) is 26.7 Å². The Balaban J connectivity index is 2.39. The summed E-state index contributed by atoms with van der Waals surface area (Å²) in [5.41, 5.74) is 0. The number of hydrogen-bond acceptors (Lipinski definition) is 2. The molecule has 0 saturated carbocycles. The Bertz CT molecular complexity index is 680. The Kier molecular flexibility index (Phi) is 4.78. The summed E-state index contributed by atoms with van der Waals surface area (Å²) in [6.45, 7) is 5.04. The van der Waals surface area contributed by atoms with Crippen molar-refractivity contribution in [1.82, 2.24) is 4.31 Å². The van der Waals surface area contributed by atoms with Gasteiger partial charge in [0.2, 0.25) is 10.0 Å². The molecule has 3 nitrogen and oxygen atoms in total. The maximum atomic E-state index is 12.6. The number of fused-ring (bicyclic) bond motifs is 1. The van der Waals surface area contributed by atoms with E-state index in [1.807, 2.05) is 37.3 Å². The molecule has 0 radical (unpaired) electrons. The molecule has 0 aromatic heterocycles. The molecular weight excluding hydrogens is 270 g/mol. The second-order valence-corrected chi connectivity index (χ2v) is 6.80. The molecule has 2 aromatic rings. The lowest BCUT2D eigenvalue weighted by molar-refractivity contribution is 0.419. The van der Waals surface area contributed by atoms with Crippen LogP contribution in [0.4, 0.5) is 0 Å². The van der Waals surface area contributed by atoms with Crippen LogP contribution in [0, 0.1) is 0 Å². The summed E-state index contributed by atoms with van der Waals surface area (Å²) >= 11 is 0. The lowest BCUT2D eigenvalue weighted by Gasteiger charge is -2.20. The van der Waals surface area contributed by atoms with Crippen molar-refractivity contribution >= 4 is 20.8 Å². The molecule has 0 aliphatic rings. The Hall–Kier alpha value is -1.39. The van der Waals surface area contributed by atoms with Gasteiger partial charge in [0, 0.05) is 13.1 Å². The summed E-state index contributed by atoms with van der Waals surface area (Å²) in [6.07, 6.45) is 1.88.